The molecule has 2 N–H and O–H groups in total. The zero-order chi connectivity index (χ0) is 18.1. The van der Waals surface area contributed by atoms with Crippen LogP contribution >= 0.6 is 23.4 Å². The number of primary amides is 1. The number of nitrogens with two attached hydrogens (primary N) is 1. The average molecular weight is 388 g/mol. The number of carbonyl (C=O) groups excluding carboxylic acids is 1. The maximum absolute atomic E-state index is 11.2. The summed E-state index contributed by atoms with van der Waals surface area (Å²) in [4.78, 5) is 15.6. The van der Waals surface area contributed by atoms with Gasteiger partial charge in [-0.15, -0.1) is 10.2 Å². The fourth-order valence-electron chi connectivity index (χ4n) is 2.86. The minimum Gasteiger partial charge on any atom is -0.370 e. The van der Waals surface area contributed by atoms with Gasteiger partial charge in [-0.05, 0) is 25.0 Å². The molecule has 0 saturated heterocycles. The summed E-state index contributed by atoms with van der Waals surface area (Å²) >= 11 is 7.90. The van der Waals surface area contributed by atoms with Gasteiger partial charge in [0.2, 0.25) is 5.91 Å². The third-order valence-corrected chi connectivity index (χ3v) is 5.72. The molecule has 1 aliphatic rings. The number of nitrogens with zero attached hydrogens (tertiary/aromatic N) is 4. The van der Waals surface area contributed by atoms with Gasteiger partial charge >= 0.3 is 0 Å². The molecule has 6 nitrogen and oxygen atoms in total. The lowest BCUT2D eigenvalue weighted by atomic mass is 10.2. The summed E-state index contributed by atoms with van der Waals surface area (Å²) in [7, 11) is 0. The zero-order valence-corrected chi connectivity index (χ0v) is 15.6. The third kappa shape index (κ3) is 3.68. The highest BCUT2D eigenvalue weighted by atomic mass is 35.5. The fraction of sp³-hybridized carbons (Fsp3) is 0.333. The van der Waals surface area contributed by atoms with Crippen molar-refractivity contribution in [2.75, 3.05) is 0 Å². The Bertz CT molecular complexity index is 969. The molecular formula is C18H18ClN5OS. The predicted molar refractivity (Wildman–Crippen MR) is 102 cm³/mol. The summed E-state index contributed by atoms with van der Waals surface area (Å²) in [5.41, 5.74) is 7.15. The lowest BCUT2D eigenvalue weighted by molar-refractivity contribution is -0.118. The Morgan fingerprint density at radius 1 is 1.31 bits per heavy atom. The molecule has 134 valence electrons. The average Bonchev–Trinajstić information content (AvgIpc) is 3.39. The molecule has 1 aliphatic carbocycles. The van der Waals surface area contributed by atoms with E-state index in [1.807, 2.05) is 28.8 Å². The first-order valence-electron chi connectivity index (χ1n) is 8.50. The summed E-state index contributed by atoms with van der Waals surface area (Å²) in [5.74, 6) is 1.72. The van der Waals surface area contributed by atoms with Gasteiger partial charge in [-0.1, -0.05) is 41.6 Å². The van der Waals surface area contributed by atoms with Crippen LogP contribution in [-0.2, 0) is 17.1 Å². The van der Waals surface area contributed by atoms with Crippen molar-refractivity contribution >= 4 is 40.2 Å². The first-order chi connectivity index (χ1) is 12.6. The van der Waals surface area contributed by atoms with Gasteiger partial charge in [0.15, 0.2) is 5.16 Å². The second-order valence-electron chi connectivity index (χ2n) is 6.40. The SMILES string of the molecule is NC(=O)CCn1c(SCc2cc3ccccc3nc2Cl)nnc1C1CC1. The predicted octanol–water partition coefficient (Wildman–Crippen LogP) is 3.52. The highest BCUT2D eigenvalue weighted by Crippen LogP contribution is 2.40. The number of para-hydroxylation sites is 1. The number of thioether (sulfide) groups is 1. The van der Waals surface area contributed by atoms with Gasteiger partial charge in [0.25, 0.3) is 0 Å². The summed E-state index contributed by atoms with van der Waals surface area (Å²) < 4.78 is 2.02. The smallest absolute Gasteiger partial charge is 0.219 e. The number of carbonyl (C=O) groups is 1. The Kier molecular flexibility index (Phi) is 4.82. The number of aromatic nitrogens is 4. The van der Waals surface area contributed by atoms with E-state index in [2.05, 4.69) is 21.2 Å². The first-order valence-corrected chi connectivity index (χ1v) is 9.86. The number of benzene rings is 1. The maximum atomic E-state index is 11.2. The van der Waals surface area contributed by atoms with Gasteiger partial charge in [-0.3, -0.25) is 4.79 Å². The monoisotopic (exact) mass is 387 g/mol. The molecule has 1 amide bonds. The molecule has 0 atom stereocenters. The summed E-state index contributed by atoms with van der Waals surface area (Å²) in [5, 5.41) is 11.0. The van der Waals surface area contributed by atoms with E-state index in [1.165, 1.54) is 0 Å². The van der Waals surface area contributed by atoms with E-state index in [4.69, 9.17) is 17.3 Å². The van der Waals surface area contributed by atoms with Gasteiger partial charge < -0.3 is 10.3 Å². The van der Waals surface area contributed by atoms with Gasteiger partial charge in [-0.25, -0.2) is 4.98 Å². The number of pyridine rings is 1. The highest BCUT2D eigenvalue weighted by Gasteiger charge is 2.30. The number of fused-ring (bicyclic) bond motifs is 1. The van der Waals surface area contributed by atoms with Gasteiger partial charge in [0, 0.05) is 35.6 Å². The van der Waals surface area contributed by atoms with Crippen molar-refractivity contribution < 1.29 is 4.79 Å². The standard InChI is InChI=1S/C18H18ClN5OS/c19-16-13(9-12-3-1-2-4-14(12)21-16)10-26-18-23-22-17(11-5-6-11)24(18)8-7-15(20)25/h1-4,9,11H,5-8,10H2,(H2,20,25). The first kappa shape index (κ1) is 17.3. The second-order valence-corrected chi connectivity index (χ2v) is 7.70. The third-order valence-electron chi connectivity index (χ3n) is 4.38. The van der Waals surface area contributed by atoms with Crippen molar-refractivity contribution in [2.45, 2.75) is 42.6 Å². The van der Waals surface area contributed by atoms with Crippen molar-refractivity contribution in [3.63, 3.8) is 0 Å². The van der Waals surface area contributed by atoms with Crippen LogP contribution < -0.4 is 5.73 Å². The normalized spacial score (nSPS) is 14.0. The van der Waals surface area contributed by atoms with Gasteiger partial charge in [-0.2, -0.15) is 0 Å². The van der Waals surface area contributed by atoms with Crippen LogP contribution in [0.4, 0.5) is 0 Å². The van der Waals surface area contributed by atoms with E-state index in [0.29, 0.717) is 23.4 Å². The van der Waals surface area contributed by atoms with Crippen LogP contribution in [0, 0.1) is 0 Å². The number of halogens is 1. The Morgan fingerprint density at radius 2 is 2.12 bits per heavy atom. The van der Waals surface area contributed by atoms with Gasteiger partial charge in [0.1, 0.15) is 11.0 Å². The van der Waals surface area contributed by atoms with Crippen LogP contribution in [0.2, 0.25) is 5.15 Å². The van der Waals surface area contributed by atoms with E-state index in [9.17, 15) is 4.79 Å². The van der Waals surface area contributed by atoms with Crippen molar-refractivity contribution in [1.82, 2.24) is 19.7 Å². The van der Waals surface area contributed by atoms with E-state index >= 15 is 0 Å². The van der Waals surface area contributed by atoms with E-state index < -0.39 is 0 Å². The Morgan fingerprint density at radius 3 is 2.88 bits per heavy atom. The number of hydrogen-bond donors (Lipinski definition) is 1. The van der Waals surface area contributed by atoms with Crippen LogP contribution in [0.1, 0.15) is 36.6 Å². The molecule has 26 heavy (non-hydrogen) atoms. The summed E-state index contributed by atoms with van der Waals surface area (Å²) in [6.07, 6.45) is 2.53. The van der Waals surface area contributed by atoms with E-state index in [1.54, 1.807) is 11.8 Å². The fourth-order valence-corrected chi connectivity index (χ4v) is 4.10. The number of amides is 1. The molecule has 1 fully saturated rings. The molecule has 2 aromatic heterocycles. The molecular weight excluding hydrogens is 370 g/mol. The molecule has 2 heterocycles. The van der Waals surface area contributed by atoms with Gasteiger partial charge in [0.05, 0.1) is 5.52 Å². The van der Waals surface area contributed by atoms with Crippen molar-refractivity contribution in [3.05, 3.63) is 46.9 Å². The van der Waals surface area contributed by atoms with E-state index in [-0.39, 0.29) is 12.3 Å². The minimum absolute atomic E-state index is 0.281. The quantitative estimate of drug-likeness (QED) is 0.495. The van der Waals surface area contributed by atoms with Crippen molar-refractivity contribution in [3.8, 4) is 0 Å². The number of hydrogen-bond acceptors (Lipinski definition) is 5. The highest BCUT2D eigenvalue weighted by molar-refractivity contribution is 7.98. The lowest BCUT2D eigenvalue weighted by Gasteiger charge is -2.09. The Balaban J connectivity index is 1.56. The van der Waals surface area contributed by atoms with Crippen LogP contribution in [0.3, 0.4) is 0 Å². The van der Waals surface area contributed by atoms with Crippen molar-refractivity contribution in [2.24, 2.45) is 5.73 Å². The molecule has 0 bridgehead atoms. The largest absolute Gasteiger partial charge is 0.370 e. The minimum atomic E-state index is -0.321. The molecule has 4 rings (SSSR count). The maximum Gasteiger partial charge on any atom is 0.219 e. The molecule has 0 aliphatic heterocycles. The van der Waals surface area contributed by atoms with Crippen LogP contribution in [0.25, 0.3) is 10.9 Å². The molecule has 0 unspecified atom stereocenters. The van der Waals surface area contributed by atoms with Crippen molar-refractivity contribution in [1.29, 1.82) is 0 Å². The summed E-state index contributed by atoms with van der Waals surface area (Å²) in [6.45, 7) is 0.514. The summed E-state index contributed by atoms with van der Waals surface area (Å²) in [6, 6.07) is 9.95. The molecule has 0 radical (unpaired) electrons. The molecule has 3 aromatic rings. The topological polar surface area (TPSA) is 86.7 Å². The molecule has 8 heteroatoms. The molecule has 1 aromatic carbocycles. The molecule has 0 spiro atoms. The van der Waals surface area contributed by atoms with Crippen LogP contribution in [0.5, 0.6) is 0 Å². The van der Waals surface area contributed by atoms with E-state index in [0.717, 1.165) is 40.3 Å². The molecule has 1 saturated carbocycles. The Labute approximate surface area is 160 Å². The van der Waals surface area contributed by atoms with Crippen LogP contribution in [-0.4, -0.2) is 25.7 Å². The second kappa shape index (κ2) is 7.25. The lowest BCUT2D eigenvalue weighted by Crippen LogP contribution is -2.15. The Hall–Kier alpha value is -2.12. The zero-order valence-electron chi connectivity index (χ0n) is 14.1. The van der Waals surface area contributed by atoms with Crippen LogP contribution in [0.15, 0.2) is 35.5 Å². The number of rotatable bonds is 7.